The highest BCUT2D eigenvalue weighted by Crippen LogP contribution is 2.23. The Hall–Kier alpha value is -2.40. The number of halogens is 3. The van der Waals surface area contributed by atoms with E-state index >= 15 is 0 Å². The average molecular weight is 265 g/mol. The smallest absolute Gasteiger partial charge is 0.301 e. The van der Waals surface area contributed by atoms with Gasteiger partial charge in [0, 0.05) is 11.3 Å². The zero-order valence-corrected chi connectivity index (χ0v) is 9.87. The Kier molecular flexibility index (Phi) is 4.61. The first-order chi connectivity index (χ1) is 8.87. The molecule has 19 heavy (non-hydrogen) atoms. The summed E-state index contributed by atoms with van der Waals surface area (Å²) < 4.78 is 36.6. The van der Waals surface area contributed by atoms with Crippen LogP contribution in [0, 0.1) is 24.7 Å². The van der Waals surface area contributed by atoms with Crippen molar-refractivity contribution in [2.45, 2.75) is 12.6 Å². The van der Waals surface area contributed by atoms with Crippen molar-refractivity contribution < 1.29 is 18.0 Å². The standard InChI is InChI=1S/C14H10F3NO/c1-3-9-18(13(19)10-14(15,16)17)12-7-5-11(4-2)6-8-12/h1-2,5-8H,9-10H2. The summed E-state index contributed by atoms with van der Waals surface area (Å²) in [6.07, 6.45) is 4.12. The number of carbonyl (C=O) groups is 1. The van der Waals surface area contributed by atoms with Crippen molar-refractivity contribution in [3.8, 4) is 24.7 Å². The van der Waals surface area contributed by atoms with E-state index in [0.717, 1.165) is 4.90 Å². The molecule has 0 atom stereocenters. The number of hydrogen-bond donors (Lipinski definition) is 0. The van der Waals surface area contributed by atoms with E-state index in [-0.39, 0.29) is 12.2 Å². The third-order valence-corrected chi connectivity index (χ3v) is 2.25. The monoisotopic (exact) mass is 265 g/mol. The number of amides is 1. The number of rotatable bonds is 3. The predicted molar refractivity (Wildman–Crippen MR) is 66.2 cm³/mol. The van der Waals surface area contributed by atoms with Crippen LogP contribution in [0.5, 0.6) is 0 Å². The molecule has 0 radical (unpaired) electrons. The van der Waals surface area contributed by atoms with E-state index in [4.69, 9.17) is 12.8 Å². The maximum atomic E-state index is 12.2. The lowest BCUT2D eigenvalue weighted by atomic mass is 10.2. The van der Waals surface area contributed by atoms with Crippen molar-refractivity contribution in [2.75, 3.05) is 11.4 Å². The molecule has 0 fully saturated rings. The first kappa shape index (κ1) is 14.7. The quantitative estimate of drug-likeness (QED) is 0.769. The maximum Gasteiger partial charge on any atom is 0.397 e. The van der Waals surface area contributed by atoms with E-state index in [1.54, 1.807) is 0 Å². The summed E-state index contributed by atoms with van der Waals surface area (Å²) in [5.74, 6) is 3.43. The van der Waals surface area contributed by atoms with Crippen molar-refractivity contribution in [3.63, 3.8) is 0 Å². The molecule has 1 rings (SSSR count). The van der Waals surface area contributed by atoms with Gasteiger partial charge in [-0.3, -0.25) is 4.79 Å². The highest BCUT2D eigenvalue weighted by Gasteiger charge is 2.33. The van der Waals surface area contributed by atoms with Crippen LogP contribution in [0.25, 0.3) is 0 Å². The van der Waals surface area contributed by atoms with E-state index in [2.05, 4.69) is 11.8 Å². The van der Waals surface area contributed by atoms with Gasteiger partial charge in [-0.05, 0) is 24.3 Å². The number of anilines is 1. The fraction of sp³-hybridized carbons (Fsp3) is 0.214. The number of benzene rings is 1. The number of terminal acetylenes is 2. The Bertz CT molecular complexity index is 532. The van der Waals surface area contributed by atoms with E-state index in [9.17, 15) is 18.0 Å². The lowest BCUT2D eigenvalue weighted by molar-refractivity contribution is -0.151. The zero-order chi connectivity index (χ0) is 14.5. The lowest BCUT2D eigenvalue weighted by Crippen LogP contribution is -2.34. The van der Waals surface area contributed by atoms with Crippen LogP contribution in [-0.2, 0) is 4.79 Å². The van der Waals surface area contributed by atoms with Gasteiger partial charge in [0.05, 0.1) is 6.54 Å². The van der Waals surface area contributed by atoms with Gasteiger partial charge in [-0.15, -0.1) is 12.8 Å². The van der Waals surface area contributed by atoms with Crippen LogP contribution < -0.4 is 4.90 Å². The maximum absolute atomic E-state index is 12.2. The van der Waals surface area contributed by atoms with Crippen LogP contribution in [0.4, 0.5) is 18.9 Å². The fourth-order valence-electron chi connectivity index (χ4n) is 1.42. The van der Waals surface area contributed by atoms with Crippen LogP contribution in [0.1, 0.15) is 12.0 Å². The minimum Gasteiger partial charge on any atom is -0.301 e. The normalized spacial score (nSPS) is 10.4. The molecule has 0 spiro atoms. The minimum atomic E-state index is -4.57. The van der Waals surface area contributed by atoms with Gasteiger partial charge in [0.1, 0.15) is 6.42 Å². The number of nitrogens with zero attached hydrogens (tertiary/aromatic N) is 1. The number of alkyl halides is 3. The Labute approximate surface area is 109 Å². The molecular formula is C14H10F3NO. The van der Waals surface area contributed by atoms with Crippen LogP contribution in [-0.4, -0.2) is 18.6 Å². The van der Waals surface area contributed by atoms with Gasteiger partial charge in [0.15, 0.2) is 0 Å². The minimum absolute atomic E-state index is 0.232. The summed E-state index contributed by atoms with van der Waals surface area (Å²) in [5.41, 5.74) is 0.846. The van der Waals surface area contributed by atoms with Crippen molar-refractivity contribution in [1.29, 1.82) is 0 Å². The molecule has 0 unspecified atom stereocenters. The first-order valence-electron chi connectivity index (χ1n) is 5.24. The van der Waals surface area contributed by atoms with Crippen molar-refractivity contribution >= 4 is 11.6 Å². The molecule has 0 aliphatic heterocycles. The summed E-state index contributed by atoms with van der Waals surface area (Å²) in [4.78, 5) is 12.5. The summed E-state index contributed by atoms with van der Waals surface area (Å²) in [6.45, 7) is -0.232. The Morgan fingerprint density at radius 3 is 2.21 bits per heavy atom. The number of hydrogen-bond acceptors (Lipinski definition) is 1. The molecule has 1 amide bonds. The van der Waals surface area contributed by atoms with Gasteiger partial charge < -0.3 is 4.90 Å². The van der Waals surface area contributed by atoms with Crippen LogP contribution in [0.15, 0.2) is 24.3 Å². The van der Waals surface area contributed by atoms with Gasteiger partial charge in [-0.1, -0.05) is 11.8 Å². The van der Waals surface area contributed by atoms with Crippen LogP contribution in [0.3, 0.4) is 0 Å². The second-order valence-corrected chi connectivity index (χ2v) is 3.67. The molecule has 0 aromatic heterocycles. The van der Waals surface area contributed by atoms with Crippen molar-refractivity contribution in [2.24, 2.45) is 0 Å². The second kappa shape index (κ2) is 5.97. The number of carbonyl (C=O) groups excluding carboxylic acids is 1. The predicted octanol–water partition coefficient (Wildman–Crippen LogP) is 2.59. The fourth-order valence-corrected chi connectivity index (χ4v) is 1.42. The van der Waals surface area contributed by atoms with Crippen molar-refractivity contribution in [3.05, 3.63) is 29.8 Å². The topological polar surface area (TPSA) is 20.3 Å². The van der Waals surface area contributed by atoms with Gasteiger partial charge in [0.2, 0.25) is 5.91 Å². The molecule has 1 aromatic carbocycles. The molecule has 5 heteroatoms. The van der Waals surface area contributed by atoms with E-state index in [0.29, 0.717) is 5.56 Å². The highest BCUT2D eigenvalue weighted by molar-refractivity contribution is 5.94. The Morgan fingerprint density at radius 2 is 1.79 bits per heavy atom. The lowest BCUT2D eigenvalue weighted by Gasteiger charge is -2.21. The molecule has 0 bridgehead atoms. The van der Waals surface area contributed by atoms with Crippen LogP contribution >= 0.6 is 0 Å². The second-order valence-electron chi connectivity index (χ2n) is 3.67. The summed E-state index contributed by atoms with van der Waals surface area (Å²) in [5, 5.41) is 0. The summed E-state index contributed by atoms with van der Waals surface area (Å²) >= 11 is 0. The molecule has 0 N–H and O–H groups in total. The Morgan fingerprint density at radius 1 is 1.21 bits per heavy atom. The molecule has 0 saturated heterocycles. The third kappa shape index (κ3) is 4.40. The van der Waals surface area contributed by atoms with E-state index < -0.39 is 18.5 Å². The van der Waals surface area contributed by atoms with Crippen LogP contribution in [0.2, 0.25) is 0 Å². The SMILES string of the molecule is C#CCN(C(=O)CC(F)(F)F)c1ccc(C#C)cc1. The molecule has 98 valence electrons. The third-order valence-electron chi connectivity index (χ3n) is 2.25. The van der Waals surface area contributed by atoms with Crippen molar-refractivity contribution in [1.82, 2.24) is 0 Å². The molecule has 0 aliphatic carbocycles. The molecular weight excluding hydrogens is 255 g/mol. The zero-order valence-electron chi connectivity index (χ0n) is 9.87. The molecule has 0 saturated carbocycles. The van der Waals surface area contributed by atoms with Gasteiger partial charge >= 0.3 is 6.18 Å². The molecule has 1 aromatic rings. The summed E-state index contributed by atoms with van der Waals surface area (Å²) in [7, 11) is 0. The molecule has 0 heterocycles. The molecule has 0 aliphatic rings. The van der Waals surface area contributed by atoms with Gasteiger partial charge in [-0.25, -0.2) is 0 Å². The highest BCUT2D eigenvalue weighted by atomic mass is 19.4. The van der Waals surface area contributed by atoms with E-state index in [1.165, 1.54) is 24.3 Å². The Balaban J connectivity index is 2.97. The average Bonchev–Trinajstić information content (AvgIpc) is 2.34. The van der Waals surface area contributed by atoms with E-state index in [1.807, 2.05) is 0 Å². The van der Waals surface area contributed by atoms with Gasteiger partial charge in [-0.2, -0.15) is 13.2 Å². The first-order valence-corrected chi connectivity index (χ1v) is 5.24. The summed E-state index contributed by atoms with van der Waals surface area (Å²) in [6, 6.07) is 5.97. The van der Waals surface area contributed by atoms with Gasteiger partial charge in [0.25, 0.3) is 0 Å². The largest absolute Gasteiger partial charge is 0.397 e. The molecule has 2 nitrogen and oxygen atoms in total.